The van der Waals surface area contributed by atoms with Gasteiger partial charge in [0.25, 0.3) is 5.91 Å². The summed E-state index contributed by atoms with van der Waals surface area (Å²) in [5.74, 6) is 0.421. The van der Waals surface area contributed by atoms with Crippen molar-refractivity contribution in [2.75, 3.05) is 26.2 Å². The van der Waals surface area contributed by atoms with Crippen molar-refractivity contribution in [2.45, 2.75) is 18.7 Å². The van der Waals surface area contributed by atoms with Gasteiger partial charge in [-0.15, -0.1) is 0 Å². The number of rotatable bonds is 3. The number of piperazine rings is 1. The fourth-order valence-electron chi connectivity index (χ4n) is 3.35. The molecule has 2 aromatic carbocycles. The van der Waals surface area contributed by atoms with Crippen LogP contribution in [0.3, 0.4) is 0 Å². The van der Waals surface area contributed by atoms with Gasteiger partial charge in [0.05, 0.1) is 4.90 Å². The molecule has 1 amide bonds. The highest BCUT2D eigenvalue weighted by atomic mass is 32.2. The molecular weight excluding hydrogens is 378 g/mol. The van der Waals surface area contributed by atoms with Crippen molar-refractivity contribution in [3.8, 4) is 0 Å². The molecule has 0 spiro atoms. The summed E-state index contributed by atoms with van der Waals surface area (Å²) in [5, 5.41) is 0. The third-order valence-corrected chi connectivity index (χ3v) is 6.84. The zero-order valence-corrected chi connectivity index (χ0v) is 16.6. The van der Waals surface area contributed by atoms with Crippen LogP contribution in [0.15, 0.2) is 51.8 Å². The summed E-state index contributed by atoms with van der Waals surface area (Å²) in [7, 11) is -3.55. The first-order valence-corrected chi connectivity index (χ1v) is 10.5. The van der Waals surface area contributed by atoms with E-state index in [0.29, 0.717) is 35.6 Å². The Hall–Kier alpha value is -2.71. The molecule has 0 aliphatic carbocycles. The number of aryl methyl sites for hydroxylation is 2. The summed E-state index contributed by atoms with van der Waals surface area (Å²) in [5.41, 5.74) is 2.82. The Morgan fingerprint density at radius 1 is 1.00 bits per heavy atom. The molecule has 0 saturated carbocycles. The molecule has 7 nitrogen and oxygen atoms in total. The van der Waals surface area contributed by atoms with E-state index in [0.717, 1.165) is 5.56 Å². The van der Waals surface area contributed by atoms with E-state index in [4.69, 9.17) is 4.42 Å². The van der Waals surface area contributed by atoms with Gasteiger partial charge < -0.3 is 9.32 Å². The Morgan fingerprint density at radius 3 is 2.36 bits per heavy atom. The van der Waals surface area contributed by atoms with Crippen LogP contribution in [0, 0.1) is 13.8 Å². The van der Waals surface area contributed by atoms with Gasteiger partial charge in [0.2, 0.25) is 10.0 Å². The van der Waals surface area contributed by atoms with Crippen molar-refractivity contribution in [1.82, 2.24) is 14.2 Å². The van der Waals surface area contributed by atoms with E-state index in [1.807, 2.05) is 6.92 Å². The minimum absolute atomic E-state index is 0.130. The molecule has 1 fully saturated rings. The summed E-state index contributed by atoms with van der Waals surface area (Å²) in [6.07, 6.45) is 0. The number of carbonyl (C=O) groups is 1. The van der Waals surface area contributed by atoms with Crippen LogP contribution < -0.4 is 0 Å². The van der Waals surface area contributed by atoms with E-state index in [1.54, 1.807) is 54.3 Å². The number of benzene rings is 2. The molecule has 8 heteroatoms. The van der Waals surface area contributed by atoms with Gasteiger partial charge in [-0.3, -0.25) is 4.79 Å². The predicted molar refractivity (Wildman–Crippen MR) is 105 cm³/mol. The van der Waals surface area contributed by atoms with Crippen molar-refractivity contribution in [1.29, 1.82) is 0 Å². The molecule has 0 radical (unpaired) electrons. The Morgan fingerprint density at radius 2 is 1.68 bits per heavy atom. The Labute approximate surface area is 163 Å². The molecule has 1 aliphatic rings. The van der Waals surface area contributed by atoms with E-state index in [2.05, 4.69) is 4.98 Å². The lowest BCUT2D eigenvalue weighted by atomic mass is 10.1. The lowest BCUT2D eigenvalue weighted by Gasteiger charge is -2.34. The Balaban J connectivity index is 1.47. The fraction of sp³-hybridized carbons (Fsp3) is 0.300. The van der Waals surface area contributed by atoms with Gasteiger partial charge in [-0.25, -0.2) is 13.4 Å². The second kappa shape index (κ2) is 7.03. The third-order valence-electron chi connectivity index (χ3n) is 4.93. The van der Waals surface area contributed by atoms with Gasteiger partial charge in [0, 0.05) is 38.7 Å². The molecule has 1 aromatic heterocycles. The zero-order valence-electron chi connectivity index (χ0n) is 15.8. The maximum atomic E-state index is 12.8. The van der Waals surface area contributed by atoms with Gasteiger partial charge >= 0.3 is 0 Å². The van der Waals surface area contributed by atoms with Gasteiger partial charge in [-0.2, -0.15) is 4.31 Å². The largest absolute Gasteiger partial charge is 0.441 e. The normalized spacial score (nSPS) is 15.9. The predicted octanol–water partition coefficient (Wildman–Crippen LogP) is 2.59. The maximum Gasteiger partial charge on any atom is 0.254 e. The number of fused-ring (bicyclic) bond motifs is 1. The van der Waals surface area contributed by atoms with Gasteiger partial charge in [0.15, 0.2) is 11.5 Å². The van der Waals surface area contributed by atoms with Crippen LogP contribution in [0.2, 0.25) is 0 Å². The van der Waals surface area contributed by atoms with Crippen LogP contribution in [0.5, 0.6) is 0 Å². The first-order valence-electron chi connectivity index (χ1n) is 9.08. The molecule has 0 bridgehead atoms. The molecule has 0 unspecified atom stereocenters. The number of hydrogen-bond donors (Lipinski definition) is 0. The molecule has 28 heavy (non-hydrogen) atoms. The van der Waals surface area contributed by atoms with Crippen LogP contribution in [0.1, 0.15) is 21.8 Å². The van der Waals surface area contributed by atoms with E-state index >= 15 is 0 Å². The van der Waals surface area contributed by atoms with Crippen LogP contribution >= 0.6 is 0 Å². The summed E-state index contributed by atoms with van der Waals surface area (Å²) in [6, 6.07) is 12.0. The first-order chi connectivity index (χ1) is 13.3. The standard InChI is InChI=1S/C20H21N3O4S/c1-14-3-6-17(7-4-14)28(25,26)23-11-9-22(10-12-23)20(24)16-5-8-19-18(13-16)21-15(2)27-19/h3-8,13H,9-12H2,1-2H3. The van der Waals surface area contributed by atoms with Crippen molar-refractivity contribution < 1.29 is 17.6 Å². The van der Waals surface area contributed by atoms with E-state index in [1.165, 1.54) is 4.31 Å². The van der Waals surface area contributed by atoms with Crippen LogP contribution in [-0.4, -0.2) is 54.7 Å². The molecular formula is C20H21N3O4S. The van der Waals surface area contributed by atoms with Gasteiger partial charge in [-0.05, 0) is 37.3 Å². The molecule has 1 saturated heterocycles. The fourth-order valence-corrected chi connectivity index (χ4v) is 4.77. The summed E-state index contributed by atoms with van der Waals surface area (Å²) >= 11 is 0. The Bertz CT molecular complexity index is 1130. The summed E-state index contributed by atoms with van der Waals surface area (Å²) < 4.78 is 32.5. The third kappa shape index (κ3) is 3.41. The number of nitrogens with zero attached hydrogens (tertiary/aromatic N) is 3. The lowest BCUT2D eigenvalue weighted by molar-refractivity contribution is 0.0698. The highest BCUT2D eigenvalue weighted by molar-refractivity contribution is 7.89. The van der Waals surface area contributed by atoms with Gasteiger partial charge in [-0.1, -0.05) is 17.7 Å². The second-order valence-electron chi connectivity index (χ2n) is 6.92. The van der Waals surface area contributed by atoms with Gasteiger partial charge in [0.1, 0.15) is 5.52 Å². The summed E-state index contributed by atoms with van der Waals surface area (Å²) in [6.45, 7) is 4.91. The highest BCUT2D eigenvalue weighted by Crippen LogP contribution is 2.21. The van der Waals surface area contributed by atoms with Crippen molar-refractivity contribution in [3.05, 3.63) is 59.5 Å². The quantitative estimate of drug-likeness (QED) is 0.676. The first kappa shape index (κ1) is 18.6. The molecule has 3 aromatic rings. The Kier molecular flexibility index (Phi) is 4.68. The minimum atomic E-state index is -3.55. The number of sulfonamides is 1. The number of carbonyl (C=O) groups excluding carboxylic acids is 1. The molecule has 2 heterocycles. The van der Waals surface area contributed by atoms with Crippen molar-refractivity contribution in [2.24, 2.45) is 0 Å². The monoisotopic (exact) mass is 399 g/mol. The zero-order chi connectivity index (χ0) is 19.9. The molecule has 146 valence electrons. The van der Waals surface area contributed by atoms with E-state index in [-0.39, 0.29) is 23.9 Å². The van der Waals surface area contributed by atoms with E-state index in [9.17, 15) is 13.2 Å². The summed E-state index contributed by atoms with van der Waals surface area (Å²) in [4.78, 5) is 19.0. The minimum Gasteiger partial charge on any atom is -0.441 e. The molecule has 0 N–H and O–H groups in total. The smallest absolute Gasteiger partial charge is 0.254 e. The van der Waals surface area contributed by atoms with Crippen LogP contribution in [-0.2, 0) is 10.0 Å². The highest BCUT2D eigenvalue weighted by Gasteiger charge is 2.30. The van der Waals surface area contributed by atoms with Crippen LogP contribution in [0.25, 0.3) is 11.1 Å². The lowest BCUT2D eigenvalue weighted by Crippen LogP contribution is -2.50. The number of oxazole rings is 1. The number of hydrogen-bond acceptors (Lipinski definition) is 5. The van der Waals surface area contributed by atoms with Crippen molar-refractivity contribution >= 4 is 27.0 Å². The van der Waals surface area contributed by atoms with Crippen molar-refractivity contribution in [3.63, 3.8) is 0 Å². The van der Waals surface area contributed by atoms with E-state index < -0.39 is 10.0 Å². The molecule has 4 rings (SSSR count). The average Bonchev–Trinajstić information content (AvgIpc) is 3.07. The molecule has 0 atom stereocenters. The second-order valence-corrected chi connectivity index (χ2v) is 8.86. The SMILES string of the molecule is Cc1ccc(S(=O)(=O)N2CCN(C(=O)c3ccc4oc(C)nc4c3)CC2)cc1. The number of aromatic nitrogens is 1. The molecule has 1 aliphatic heterocycles. The number of amides is 1. The van der Waals surface area contributed by atoms with Crippen LogP contribution in [0.4, 0.5) is 0 Å². The topological polar surface area (TPSA) is 83.7 Å². The maximum absolute atomic E-state index is 12.8. The average molecular weight is 399 g/mol.